The van der Waals surface area contributed by atoms with E-state index in [0.717, 1.165) is 50.9 Å². The van der Waals surface area contributed by atoms with Crippen LogP contribution >= 0.6 is 0 Å². The first-order valence-electron chi connectivity index (χ1n) is 12.6. The molecule has 0 spiro atoms. The van der Waals surface area contributed by atoms with Crippen molar-refractivity contribution < 1.29 is 9.59 Å². The molecule has 182 valence electrons. The summed E-state index contributed by atoms with van der Waals surface area (Å²) in [5.74, 6) is 0.0208. The van der Waals surface area contributed by atoms with Gasteiger partial charge in [-0.3, -0.25) is 14.7 Å². The quantitative estimate of drug-likeness (QED) is 0.728. The van der Waals surface area contributed by atoms with E-state index in [4.69, 9.17) is 0 Å². The lowest BCUT2D eigenvalue weighted by molar-refractivity contribution is -0.129. The predicted molar refractivity (Wildman–Crippen MR) is 133 cm³/mol. The number of hydrogen-bond acceptors (Lipinski definition) is 4. The molecule has 34 heavy (non-hydrogen) atoms. The molecule has 4 rings (SSSR count). The molecule has 0 radical (unpaired) electrons. The Hall–Kier alpha value is -2.93. The van der Waals surface area contributed by atoms with Gasteiger partial charge >= 0.3 is 6.03 Å². The fraction of sp³-hybridized carbons (Fsp3) is 0.519. The molecule has 0 bridgehead atoms. The first-order chi connectivity index (χ1) is 16.6. The van der Waals surface area contributed by atoms with Gasteiger partial charge < -0.3 is 15.5 Å². The average molecular weight is 464 g/mol. The van der Waals surface area contributed by atoms with Gasteiger partial charge in [0.05, 0.1) is 5.92 Å². The van der Waals surface area contributed by atoms with E-state index in [-0.39, 0.29) is 23.9 Å². The smallest absolute Gasteiger partial charge is 0.317 e. The van der Waals surface area contributed by atoms with Crippen molar-refractivity contribution in [3.05, 3.63) is 65.5 Å². The molecule has 2 aliphatic rings. The Balaban J connectivity index is 1.48. The molecule has 7 nitrogen and oxygen atoms in total. The average Bonchev–Trinajstić information content (AvgIpc) is 2.89. The topological polar surface area (TPSA) is 77.6 Å². The molecule has 2 fully saturated rings. The Morgan fingerprint density at radius 2 is 1.79 bits per heavy atom. The zero-order valence-corrected chi connectivity index (χ0v) is 20.2. The molecular formula is C27H37N5O2. The highest BCUT2D eigenvalue weighted by Crippen LogP contribution is 2.26. The Kier molecular flexibility index (Phi) is 8.52. The van der Waals surface area contributed by atoms with Gasteiger partial charge in [-0.25, -0.2) is 4.79 Å². The van der Waals surface area contributed by atoms with E-state index in [1.807, 2.05) is 41.6 Å². The maximum Gasteiger partial charge on any atom is 0.317 e. The molecule has 3 amide bonds. The van der Waals surface area contributed by atoms with Crippen LogP contribution in [0.25, 0.3) is 0 Å². The first-order valence-corrected chi connectivity index (χ1v) is 12.6. The number of rotatable bonds is 4. The molecule has 1 aromatic carbocycles. The van der Waals surface area contributed by atoms with Gasteiger partial charge in [0.15, 0.2) is 0 Å². The van der Waals surface area contributed by atoms with Crippen molar-refractivity contribution in [2.45, 2.75) is 58.2 Å². The molecule has 2 N–H and O–H groups in total. The Morgan fingerprint density at radius 1 is 1.03 bits per heavy atom. The Morgan fingerprint density at radius 3 is 2.59 bits per heavy atom. The van der Waals surface area contributed by atoms with Gasteiger partial charge in [0, 0.05) is 51.2 Å². The zero-order valence-electron chi connectivity index (χ0n) is 20.2. The molecule has 0 unspecified atom stereocenters. The fourth-order valence-electron chi connectivity index (χ4n) is 5.01. The molecule has 3 heterocycles. The van der Waals surface area contributed by atoms with Crippen molar-refractivity contribution in [3.8, 4) is 0 Å². The third kappa shape index (κ3) is 6.56. The number of pyridine rings is 1. The number of fused-ring (bicyclic) bond motifs is 1. The van der Waals surface area contributed by atoms with Crippen LogP contribution in [0.15, 0.2) is 48.8 Å². The Labute approximate surface area is 202 Å². The number of aromatic nitrogens is 1. The van der Waals surface area contributed by atoms with E-state index >= 15 is 0 Å². The van der Waals surface area contributed by atoms with Crippen LogP contribution in [0.3, 0.4) is 0 Å². The van der Waals surface area contributed by atoms with Crippen molar-refractivity contribution in [3.63, 3.8) is 0 Å². The van der Waals surface area contributed by atoms with Crippen molar-refractivity contribution in [1.82, 2.24) is 25.4 Å². The van der Waals surface area contributed by atoms with E-state index in [0.29, 0.717) is 26.1 Å². The number of nitrogens with one attached hydrogen (secondary N) is 2. The standard InChI is InChI=1S/C27H37N5O2/c1-21-6-8-22(9-7-21)18-30-27(34)32-17-12-24-25(20-32)31(19-23-10-14-28-15-11-23)16-5-3-2-4-13-29-26(24)33/h6-11,14-15,24-25H,2-5,12-13,16-20H2,1H3,(H,29,33)(H,30,34)/t24-,25-/m1/s1. The summed E-state index contributed by atoms with van der Waals surface area (Å²) in [4.78, 5) is 34.7. The van der Waals surface area contributed by atoms with Gasteiger partial charge in [-0.05, 0) is 56.0 Å². The summed E-state index contributed by atoms with van der Waals surface area (Å²) >= 11 is 0. The van der Waals surface area contributed by atoms with Gasteiger partial charge in [-0.15, -0.1) is 0 Å². The van der Waals surface area contributed by atoms with Crippen LogP contribution in [0, 0.1) is 12.8 Å². The minimum atomic E-state index is -0.110. The summed E-state index contributed by atoms with van der Waals surface area (Å²) in [5.41, 5.74) is 3.48. The van der Waals surface area contributed by atoms with Crippen LogP contribution in [0.5, 0.6) is 0 Å². The molecular weight excluding hydrogens is 426 g/mol. The van der Waals surface area contributed by atoms with Crippen LogP contribution in [0.2, 0.25) is 0 Å². The highest BCUT2D eigenvalue weighted by atomic mass is 16.2. The van der Waals surface area contributed by atoms with E-state index < -0.39 is 0 Å². The second kappa shape index (κ2) is 12.0. The Bertz CT molecular complexity index is 934. The summed E-state index contributed by atoms with van der Waals surface area (Å²) in [6.07, 6.45) is 8.73. The highest BCUT2D eigenvalue weighted by molar-refractivity contribution is 5.80. The second-order valence-corrected chi connectivity index (χ2v) is 9.58. The van der Waals surface area contributed by atoms with Crippen molar-refractivity contribution in [1.29, 1.82) is 0 Å². The molecule has 1 aromatic heterocycles. The largest absolute Gasteiger partial charge is 0.356 e. The molecule has 2 aliphatic heterocycles. The lowest BCUT2D eigenvalue weighted by Crippen LogP contribution is -2.58. The minimum absolute atomic E-state index is 0.00913. The summed E-state index contributed by atoms with van der Waals surface area (Å²) in [7, 11) is 0. The van der Waals surface area contributed by atoms with E-state index in [9.17, 15) is 9.59 Å². The van der Waals surface area contributed by atoms with Crippen LogP contribution in [0.1, 0.15) is 48.8 Å². The summed E-state index contributed by atoms with van der Waals surface area (Å²) in [6.45, 7) is 6.14. The molecule has 2 aromatic rings. The van der Waals surface area contributed by atoms with E-state index in [1.165, 1.54) is 11.1 Å². The summed E-state index contributed by atoms with van der Waals surface area (Å²) in [6, 6.07) is 12.2. The van der Waals surface area contributed by atoms with Crippen LogP contribution in [0.4, 0.5) is 4.79 Å². The number of piperidine rings is 1. The van der Waals surface area contributed by atoms with Crippen LogP contribution < -0.4 is 10.6 Å². The first kappa shape index (κ1) is 24.2. The monoisotopic (exact) mass is 463 g/mol. The third-order valence-corrected chi connectivity index (χ3v) is 7.05. The van der Waals surface area contributed by atoms with Crippen molar-refractivity contribution in [2.24, 2.45) is 5.92 Å². The molecule has 0 saturated carbocycles. The molecule has 2 atom stereocenters. The SMILES string of the molecule is Cc1ccc(CNC(=O)N2CC[C@H]3C(=O)NCCCCCCN(Cc4ccncc4)[C@@H]3C2)cc1. The van der Waals surface area contributed by atoms with Crippen molar-refractivity contribution in [2.75, 3.05) is 26.2 Å². The summed E-state index contributed by atoms with van der Waals surface area (Å²) < 4.78 is 0. The van der Waals surface area contributed by atoms with Crippen LogP contribution in [-0.4, -0.2) is 58.9 Å². The number of benzene rings is 1. The number of carbonyl (C=O) groups is 2. The molecule has 0 aliphatic carbocycles. The van der Waals surface area contributed by atoms with Gasteiger partial charge in [0.2, 0.25) is 5.91 Å². The normalized spacial score (nSPS) is 22.3. The number of aryl methyl sites for hydroxylation is 1. The lowest BCUT2D eigenvalue weighted by Gasteiger charge is -2.43. The minimum Gasteiger partial charge on any atom is -0.356 e. The fourth-order valence-corrected chi connectivity index (χ4v) is 5.01. The summed E-state index contributed by atoms with van der Waals surface area (Å²) in [5, 5.41) is 6.24. The van der Waals surface area contributed by atoms with Gasteiger partial charge in [-0.2, -0.15) is 0 Å². The second-order valence-electron chi connectivity index (χ2n) is 9.58. The number of nitrogens with zero attached hydrogens (tertiary/aromatic N) is 3. The number of likely N-dealkylation sites (tertiary alicyclic amines) is 1. The maximum absolute atomic E-state index is 13.1. The number of carbonyl (C=O) groups excluding carboxylic acids is 2. The van der Waals surface area contributed by atoms with Gasteiger partial charge in [0.25, 0.3) is 0 Å². The highest BCUT2D eigenvalue weighted by Gasteiger charge is 2.39. The lowest BCUT2D eigenvalue weighted by atomic mass is 9.89. The van der Waals surface area contributed by atoms with Gasteiger partial charge in [0.1, 0.15) is 0 Å². The van der Waals surface area contributed by atoms with Crippen molar-refractivity contribution >= 4 is 11.9 Å². The van der Waals surface area contributed by atoms with E-state index in [1.54, 1.807) is 0 Å². The third-order valence-electron chi connectivity index (χ3n) is 7.05. The molecule has 2 saturated heterocycles. The van der Waals surface area contributed by atoms with E-state index in [2.05, 4.69) is 39.6 Å². The van der Waals surface area contributed by atoms with Gasteiger partial charge in [-0.1, -0.05) is 42.7 Å². The molecule has 7 heteroatoms. The number of hydrogen-bond donors (Lipinski definition) is 2. The number of amides is 3. The number of urea groups is 1. The predicted octanol–water partition coefficient (Wildman–Crippen LogP) is 3.48. The zero-order chi connectivity index (χ0) is 23.8. The maximum atomic E-state index is 13.1. The van der Waals surface area contributed by atoms with Crippen LogP contribution in [-0.2, 0) is 17.9 Å².